The second kappa shape index (κ2) is 3.72. The van der Waals surface area contributed by atoms with Crippen LogP contribution in [0.2, 0.25) is 0 Å². The summed E-state index contributed by atoms with van der Waals surface area (Å²) in [6.45, 7) is 6.38. The summed E-state index contributed by atoms with van der Waals surface area (Å²) in [5.41, 5.74) is 1.04. The zero-order chi connectivity index (χ0) is 13.8. The van der Waals surface area contributed by atoms with Gasteiger partial charge in [-0.1, -0.05) is 51.1 Å². The Bertz CT molecular complexity index is 568. The molecule has 2 heteroatoms. The van der Waals surface area contributed by atoms with Crippen LogP contribution in [0, 0.1) is 16.7 Å². The number of carbonyl (C=O) groups is 1. The Hall–Kier alpha value is -1.57. The molecule has 1 N–H and O–H groups in total. The Morgan fingerprint density at radius 2 is 1.84 bits per heavy atom. The van der Waals surface area contributed by atoms with E-state index in [0.29, 0.717) is 5.57 Å². The maximum absolute atomic E-state index is 12.7. The lowest BCUT2D eigenvalue weighted by atomic mass is 9.70. The number of aliphatic hydroxyl groups is 1. The van der Waals surface area contributed by atoms with Crippen molar-refractivity contribution in [3.63, 3.8) is 0 Å². The number of carbonyl (C=O) groups excluding carboxylic acids is 1. The molecule has 0 aromatic heterocycles. The molecule has 2 aliphatic carbocycles. The van der Waals surface area contributed by atoms with Crippen molar-refractivity contribution in [1.82, 2.24) is 0 Å². The molecule has 0 heterocycles. The smallest absolute Gasteiger partial charge is 0.169 e. The fraction of sp³-hybridized carbons (Fsp3) is 0.471. The van der Waals surface area contributed by atoms with Crippen LogP contribution >= 0.6 is 0 Å². The molecular formula is C17H20O2. The van der Waals surface area contributed by atoms with Gasteiger partial charge in [-0.15, -0.1) is 0 Å². The monoisotopic (exact) mass is 256 g/mol. The van der Waals surface area contributed by atoms with E-state index in [1.807, 2.05) is 30.3 Å². The quantitative estimate of drug-likeness (QED) is 0.609. The Labute approximate surface area is 114 Å². The summed E-state index contributed by atoms with van der Waals surface area (Å²) in [6.07, 6.45) is 1.94. The number of aliphatic hydroxyl groups excluding tert-OH is 1. The van der Waals surface area contributed by atoms with Crippen molar-refractivity contribution in [2.75, 3.05) is 0 Å². The van der Waals surface area contributed by atoms with Crippen LogP contribution in [0.3, 0.4) is 0 Å². The molecule has 100 valence electrons. The minimum atomic E-state index is -0.310. The Kier molecular flexibility index (Phi) is 2.44. The Morgan fingerprint density at radius 3 is 2.37 bits per heavy atom. The topological polar surface area (TPSA) is 37.3 Å². The molecule has 2 nitrogen and oxygen atoms in total. The first kappa shape index (κ1) is 12.5. The van der Waals surface area contributed by atoms with E-state index in [9.17, 15) is 9.90 Å². The molecule has 2 saturated carbocycles. The lowest BCUT2D eigenvalue weighted by molar-refractivity contribution is -0.125. The van der Waals surface area contributed by atoms with E-state index in [1.165, 1.54) is 0 Å². The van der Waals surface area contributed by atoms with Crippen LogP contribution < -0.4 is 0 Å². The largest absolute Gasteiger partial charge is 0.507 e. The van der Waals surface area contributed by atoms with Gasteiger partial charge in [-0.2, -0.15) is 0 Å². The highest BCUT2D eigenvalue weighted by Crippen LogP contribution is 2.66. The van der Waals surface area contributed by atoms with Gasteiger partial charge in [0, 0.05) is 16.6 Å². The average Bonchev–Trinajstić information content (AvgIpc) is 2.71. The summed E-state index contributed by atoms with van der Waals surface area (Å²) in [6, 6.07) is 9.40. The average molecular weight is 256 g/mol. The van der Waals surface area contributed by atoms with Crippen molar-refractivity contribution in [1.29, 1.82) is 0 Å². The third-order valence-corrected chi connectivity index (χ3v) is 5.62. The lowest BCUT2D eigenvalue weighted by Crippen LogP contribution is -2.32. The van der Waals surface area contributed by atoms with Crippen LogP contribution in [0.5, 0.6) is 0 Å². The summed E-state index contributed by atoms with van der Waals surface area (Å²) >= 11 is 0. The van der Waals surface area contributed by atoms with Crippen molar-refractivity contribution in [2.45, 2.75) is 33.6 Å². The molecule has 2 bridgehead atoms. The maximum atomic E-state index is 12.7. The molecule has 0 aliphatic heterocycles. The second-order valence-electron chi connectivity index (χ2n) is 6.60. The van der Waals surface area contributed by atoms with Gasteiger partial charge in [0.25, 0.3) is 0 Å². The molecule has 3 rings (SSSR count). The highest BCUT2D eigenvalue weighted by molar-refractivity contribution is 6.09. The summed E-state index contributed by atoms with van der Waals surface area (Å²) in [5, 5.41) is 10.5. The van der Waals surface area contributed by atoms with Crippen LogP contribution in [0.15, 0.2) is 35.9 Å². The maximum Gasteiger partial charge on any atom is 0.169 e. The zero-order valence-corrected chi connectivity index (χ0v) is 11.7. The van der Waals surface area contributed by atoms with Crippen LogP contribution in [0.4, 0.5) is 0 Å². The first-order valence-corrected chi connectivity index (χ1v) is 6.93. The van der Waals surface area contributed by atoms with Crippen LogP contribution in [0.1, 0.15) is 39.2 Å². The van der Waals surface area contributed by atoms with Gasteiger partial charge in [-0.05, 0) is 24.2 Å². The highest BCUT2D eigenvalue weighted by atomic mass is 16.3. The molecule has 2 atom stereocenters. The molecule has 0 unspecified atom stereocenters. The molecule has 0 saturated heterocycles. The molecule has 2 fully saturated rings. The summed E-state index contributed by atoms with van der Waals surface area (Å²) in [4.78, 5) is 12.7. The number of allylic oxidation sites excluding steroid dienone is 1. The Morgan fingerprint density at radius 1 is 1.21 bits per heavy atom. The number of hydrogen-bond donors (Lipinski definition) is 1. The summed E-state index contributed by atoms with van der Waals surface area (Å²) in [7, 11) is 0. The molecule has 0 spiro atoms. The van der Waals surface area contributed by atoms with Gasteiger partial charge in [-0.3, -0.25) is 4.79 Å². The minimum Gasteiger partial charge on any atom is -0.507 e. The van der Waals surface area contributed by atoms with Crippen LogP contribution in [0.25, 0.3) is 5.76 Å². The Balaban J connectivity index is 2.16. The summed E-state index contributed by atoms with van der Waals surface area (Å²) in [5.74, 6) is 0.521. The first-order chi connectivity index (χ1) is 8.89. The van der Waals surface area contributed by atoms with E-state index < -0.39 is 0 Å². The number of Topliss-reactive ketones (excluding diaryl/α,β-unsaturated/α-hetero) is 1. The molecule has 0 radical (unpaired) electrons. The van der Waals surface area contributed by atoms with Crippen molar-refractivity contribution >= 4 is 11.5 Å². The van der Waals surface area contributed by atoms with Crippen molar-refractivity contribution in [2.24, 2.45) is 16.7 Å². The van der Waals surface area contributed by atoms with E-state index in [-0.39, 0.29) is 28.3 Å². The molecule has 19 heavy (non-hydrogen) atoms. The summed E-state index contributed by atoms with van der Waals surface area (Å²) < 4.78 is 0. The number of hydrogen-bond acceptors (Lipinski definition) is 2. The predicted molar refractivity (Wildman–Crippen MR) is 75.6 cm³/mol. The van der Waals surface area contributed by atoms with Gasteiger partial charge >= 0.3 is 0 Å². The molecule has 1 aromatic carbocycles. The fourth-order valence-corrected chi connectivity index (χ4v) is 3.89. The van der Waals surface area contributed by atoms with Crippen LogP contribution in [-0.4, -0.2) is 10.9 Å². The normalized spacial score (nSPS) is 34.7. The second-order valence-corrected chi connectivity index (χ2v) is 6.60. The third kappa shape index (κ3) is 1.40. The van der Waals surface area contributed by atoms with Crippen molar-refractivity contribution in [3.8, 4) is 0 Å². The van der Waals surface area contributed by atoms with Gasteiger partial charge in [0.15, 0.2) is 5.78 Å². The van der Waals surface area contributed by atoms with E-state index in [2.05, 4.69) is 20.8 Å². The van der Waals surface area contributed by atoms with Crippen molar-refractivity contribution in [3.05, 3.63) is 41.5 Å². The lowest BCUT2D eigenvalue weighted by Gasteiger charge is -2.31. The molecular weight excluding hydrogens is 236 g/mol. The number of benzene rings is 1. The van der Waals surface area contributed by atoms with E-state index >= 15 is 0 Å². The highest BCUT2D eigenvalue weighted by Gasteiger charge is 2.64. The predicted octanol–water partition coefficient (Wildman–Crippen LogP) is 3.98. The molecule has 0 amide bonds. The zero-order valence-electron chi connectivity index (χ0n) is 11.7. The minimum absolute atomic E-state index is 0.0534. The first-order valence-electron chi connectivity index (χ1n) is 6.93. The van der Waals surface area contributed by atoms with E-state index in [4.69, 9.17) is 0 Å². The SMILES string of the molecule is CC1(C)[C@@H]2CC[C@@]1(C)C(=O)C2=C(O)c1ccccc1. The third-order valence-electron chi connectivity index (χ3n) is 5.62. The molecule has 1 aromatic rings. The number of fused-ring (bicyclic) bond motifs is 2. The van der Waals surface area contributed by atoms with E-state index in [0.717, 1.165) is 18.4 Å². The van der Waals surface area contributed by atoms with E-state index in [1.54, 1.807) is 0 Å². The number of rotatable bonds is 1. The van der Waals surface area contributed by atoms with Gasteiger partial charge < -0.3 is 5.11 Å². The van der Waals surface area contributed by atoms with Crippen molar-refractivity contribution < 1.29 is 9.90 Å². The van der Waals surface area contributed by atoms with Gasteiger partial charge in [0.1, 0.15) is 5.76 Å². The van der Waals surface area contributed by atoms with Gasteiger partial charge in [0.05, 0.1) is 0 Å². The molecule has 2 aliphatic rings. The fourth-order valence-electron chi connectivity index (χ4n) is 3.89. The van der Waals surface area contributed by atoms with Gasteiger partial charge in [-0.25, -0.2) is 0 Å². The number of ketones is 1. The van der Waals surface area contributed by atoms with Crippen LogP contribution in [-0.2, 0) is 4.79 Å². The van der Waals surface area contributed by atoms with Gasteiger partial charge in [0.2, 0.25) is 0 Å². The standard InChI is InChI=1S/C17H20O2/c1-16(2)12-9-10-17(16,3)15(19)13(12)14(18)11-7-5-4-6-8-11/h4-8,12,18H,9-10H2,1-3H3/t12-,17+/m1/s1.